The van der Waals surface area contributed by atoms with Crippen molar-refractivity contribution in [2.75, 3.05) is 30.5 Å². The molecule has 1 fully saturated rings. The Morgan fingerprint density at radius 1 is 1.33 bits per heavy atom. The van der Waals surface area contributed by atoms with E-state index in [0.717, 1.165) is 5.56 Å². The molecule has 2 aromatic carbocycles. The van der Waals surface area contributed by atoms with E-state index in [2.05, 4.69) is 21.2 Å². The topological polar surface area (TPSA) is 128 Å². The second kappa shape index (κ2) is 10.2. The normalized spacial score (nSPS) is 15.3. The average molecular weight is 541 g/mol. The Balaban J connectivity index is 1.61. The monoisotopic (exact) mass is 539 g/mol. The fraction of sp³-hybridized carbons (Fsp3) is 0.286. The van der Waals surface area contributed by atoms with E-state index >= 15 is 0 Å². The second-order valence-electron chi connectivity index (χ2n) is 7.26. The SMILES string of the molecule is COc1cc([N+](=O)[O-])ccc1N1C[C@@H](C(=O)OCC(=O)Nc2cc(Cl)c(Br)cc2C)CC1=O. The van der Waals surface area contributed by atoms with Gasteiger partial charge in [0.2, 0.25) is 5.91 Å². The van der Waals surface area contributed by atoms with Gasteiger partial charge in [-0.1, -0.05) is 11.6 Å². The van der Waals surface area contributed by atoms with Crippen molar-refractivity contribution in [3.05, 3.63) is 55.5 Å². The highest BCUT2D eigenvalue weighted by atomic mass is 79.9. The van der Waals surface area contributed by atoms with Crippen LogP contribution in [0.2, 0.25) is 5.02 Å². The number of amides is 2. The Kier molecular flexibility index (Phi) is 7.54. The molecule has 1 atom stereocenters. The molecule has 2 amide bonds. The van der Waals surface area contributed by atoms with Crippen molar-refractivity contribution in [1.29, 1.82) is 0 Å². The van der Waals surface area contributed by atoms with E-state index in [0.29, 0.717) is 20.9 Å². The van der Waals surface area contributed by atoms with E-state index < -0.39 is 29.3 Å². The summed E-state index contributed by atoms with van der Waals surface area (Å²) in [6.45, 7) is 1.25. The maximum atomic E-state index is 12.5. The summed E-state index contributed by atoms with van der Waals surface area (Å²) in [7, 11) is 1.33. The number of esters is 1. The van der Waals surface area contributed by atoms with Gasteiger partial charge in [-0.05, 0) is 46.6 Å². The summed E-state index contributed by atoms with van der Waals surface area (Å²) in [6.07, 6.45) is -0.123. The van der Waals surface area contributed by atoms with Crippen molar-refractivity contribution in [1.82, 2.24) is 0 Å². The molecule has 1 aliphatic rings. The van der Waals surface area contributed by atoms with Crippen LogP contribution in [0.25, 0.3) is 0 Å². The summed E-state index contributed by atoms with van der Waals surface area (Å²) in [4.78, 5) is 48.9. The first-order valence-corrected chi connectivity index (χ1v) is 10.8. The lowest BCUT2D eigenvalue weighted by molar-refractivity contribution is -0.384. The number of nitrogens with zero attached hydrogens (tertiary/aromatic N) is 2. The molecular formula is C21H19BrClN3O7. The molecule has 0 bridgehead atoms. The van der Waals surface area contributed by atoms with Gasteiger partial charge in [-0.2, -0.15) is 0 Å². The average Bonchev–Trinajstić information content (AvgIpc) is 3.16. The minimum Gasteiger partial charge on any atom is -0.494 e. The number of carbonyl (C=O) groups excluding carboxylic acids is 3. The lowest BCUT2D eigenvalue weighted by atomic mass is 10.1. The van der Waals surface area contributed by atoms with Crippen LogP contribution in [0.15, 0.2) is 34.8 Å². The van der Waals surface area contributed by atoms with E-state index in [1.165, 1.54) is 30.2 Å². The van der Waals surface area contributed by atoms with Crippen molar-refractivity contribution < 1.29 is 28.8 Å². The summed E-state index contributed by atoms with van der Waals surface area (Å²) < 4.78 is 11.0. The van der Waals surface area contributed by atoms with Crippen LogP contribution >= 0.6 is 27.5 Å². The molecule has 33 heavy (non-hydrogen) atoms. The van der Waals surface area contributed by atoms with Gasteiger partial charge in [0.25, 0.3) is 11.6 Å². The Morgan fingerprint density at radius 2 is 2.06 bits per heavy atom. The smallest absolute Gasteiger partial charge is 0.311 e. The van der Waals surface area contributed by atoms with Gasteiger partial charge in [0.05, 0.1) is 34.7 Å². The van der Waals surface area contributed by atoms with E-state index in [1.807, 2.05) is 0 Å². The molecule has 0 radical (unpaired) electrons. The molecular weight excluding hydrogens is 522 g/mol. The third-order valence-corrected chi connectivity index (χ3v) is 6.21. The van der Waals surface area contributed by atoms with Crippen LogP contribution in [0.1, 0.15) is 12.0 Å². The van der Waals surface area contributed by atoms with Crippen molar-refractivity contribution >= 4 is 62.4 Å². The van der Waals surface area contributed by atoms with Gasteiger partial charge < -0.3 is 19.7 Å². The summed E-state index contributed by atoms with van der Waals surface area (Å²) in [5, 5.41) is 14.0. The first-order valence-electron chi connectivity index (χ1n) is 9.65. The molecule has 1 aliphatic heterocycles. The lowest BCUT2D eigenvalue weighted by Crippen LogP contribution is -2.28. The van der Waals surface area contributed by atoms with Crippen LogP contribution in [-0.4, -0.2) is 43.0 Å². The zero-order valence-electron chi connectivity index (χ0n) is 17.6. The number of rotatable bonds is 7. The number of nitro groups is 1. The number of carbonyl (C=O) groups is 3. The van der Waals surface area contributed by atoms with Gasteiger partial charge >= 0.3 is 5.97 Å². The maximum absolute atomic E-state index is 12.5. The Morgan fingerprint density at radius 3 is 2.73 bits per heavy atom. The zero-order chi connectivity index (χ0) is 24.3. The zero-order valence-corrected chi connectivity index (χ0v) is 19.9. The molecule has 2 aromatic rings. The largest absolute Gasteiger partial charge is 0.494 e. The van der Waals surface area contributed by atoms with E-state index in [1.54, 1.807) is 19.1 Å². The Bertz CT molecular complexity index is 1140. The number of hydrogen-bond acceptors (Lipinski definition) is 7. The van der Waals surface area contributed by atoms with Gasteiger partial charge in [0, 0.05) is 29.2 Å². The van der Waals surface area contributed by atoms with Crippen LogP contribution in [-0.2, 0) is 19.1 Å². The minimum atomic E-state index is -0.797. The standard InChI is InChI=1S/C21H19BrClN3O7/c1-11-5-14(22)15(23)8-16(11)24-19(27)10-33-21(29)12-6-20(28)25(9-12)17-4-3-13(26(30)31)7-18(17)32-2/h3-5,7-8,12H,6,9-10H2,1-2H3,(H,24,27)/t12-/m0/s1. The molecule has 174 valence electrons. The van der Waals surface area contributed by atoms with Crippen LogP contribution < -0.4 is 15.0 Å². The molecule has 0 spiro atoms. The molecule has 0 aromatic heterocycles. The van der Waals surface area contributed by atoms with E-state index in [9.17, 15) is 24.5 Å². The van der Waals surface area contributed by atoms with Crippen LogP contribution in [0.4, 0.5) is 17.1 Å². The van der Waals surface area contributed by atoms with E-state index in [4.69, 9.17) is 21.1 Å². The number of methoxy groups -OCH3 is 1. The minimum absolute atomic E-state index is 0.00507. The second-order valence-corrected chi connectivity index (χ2v) is 8.52. The number of nitro benzene ring substituents is 1. The van der Waals surface area contributed by atoms with Crippen molar-refractivity contribution in [3.63, 3.8) is 0 Å². The highest BCUT2D eigenvalue weighted by Crippen LogP contribution is 2.36. The fourth-order valence-electron chi connectivity index (χ4n) is 3.32. The molecule has 1 N–H and O–H groups in total. The Hall–Kier alpha value is -3.18. The Labute approximate surface area is 202 Å². The predicted octanol–water partition coefficient (Wildman–Crippen LogP) is 3.86. The summed E-state index contributed by atoms with van der Waals surface area (Å²) >= 11 is 9.34. The maximum Gasteiger partial charge on any atom is 0.311 e. The van der Waals surface area contributed by atoms with E-state index in [-0.39, 0.29) is 30.3 Å². The van der Waals surface area contributed by atoms with Gasteiger partial charge in [-0.3, -0.25) is 24.5 Å². The number of non-ortho nitro benzene ring substituents is 1. The van der Waals surface area contributed by atoms with Crippen LogP contribution in [0.3, 0.4) is 0 Å². The lowest BCUT2D eigenvalue weighted by Gasteiger charge is -2.19. The number of hydrogen-bond donors (Lipinski definition) is 1. The summed E-state index contributed by atoms with van der Waals surface area (Å²) in [6, 6.07) is 7.16. The van der Waals surface area contributed by atoms with Gasteiger partial charge in [-0.25, -0.2) is 0 Å². The molecule has 0 unspecified atom stereocenters. The molecule has 0 saturated carbocycles. The number of halogens is 2. The number of aryl methyl sites for hydroxylation is 1. The first kappa shape index (κ1) is 24.5. The quantitative estimate of drug-likeness (QED) is 0.321. The fourth-order valence-corrected chi connectivity index (χ4v) is 3.94. The van der Waals surface area contributed by atoms with Crippen LogP contribution in [0.5, 0.6) is 5.75 Å². The number of ether oxygens (including phenoxy) is 2. The molecule has 12 heteroatoms. The number of nitrogens with one attached hydrogen (secondary N) is 1. The summed E-state index contributed by atoms with van der Waals surface area (Å²) in [5.41, 5.74) is 1.37. The highest BCUT2D eigenvalue weighted by molar-refractivity contribution is 9.10. The van der Waals surface area contributed by atoms with Gasteiger partial charge in [0.15, 0.2) is 6.61 Å². The predicted molar refractivity (Wildman–Crippen MR) is 124 cm³/mol. The molecule has 10 nitrogen and oxygen atoms in total. The molecule has 1 heterocycles. The van der Waals surface area contributed by atoms with Crippen LogP contribution in [0, 0.1) is 23.0 Å². The van der Waals surface area contributed by atoms with Gasteiger partial charge in [-0.15, -0.1) is 0 Å². The third-order valence-electron chi connectivity index (χ3n) is 5.01. The summed E-state index contributed by atoms with van der Waals surface area (Å²) in [5.74, 6) is -2.28. The molecule has 0 aliphatic carbocycles. The third kappa shape index (κ3) is 5.60. The van der Waals surface area contributed by atoms with Crippen molar-refractivity contribution in [3.8, 4) is 5.75 Å². The number of benzene rings is 2. The van der Waals surface area contributed by atoms with Crippen molar-refractivity contribution in [2.45, 2.75) is 13.3 Å². The number of anilines is 2. The molecule has 3 rings (SSSR count). The molecule has 1 saturated heterocycles. The first-order chi connectivity index (χ1) is 15.6. The van der Waals surface area contributed by atoms with Gasteiger partial charge in [0.1, 0.15) is 5.75 Å². The van der Waals surface area contributed by atoms with Crippen molar-refractivity contribution in [2.24, 2.45) is 5.92 Å². The highest BCUT2D eigenvalue weighted by Gasteiger charge is 2.37.